The first kappa shape index (κ1) is 25.4. The van der Waals surface area contributed by atoms with E-state index in [-0.39, 0.29) is 0 Å². The normalized spacial score (nSPS) is 12.8. The van der Waals surface area contributed by atoms with Gasteiger partial charge in [0, 0.05) is 0 Å². The van der Waals surface area contributed by atoms with Gasteiger partial charge in [-0.1, -0.05) is 0 Å². The van der Waals surface area contributed by atoms with Crippen molar-refractivity contribution in [2.24, 2.45) is 31.9 Å². The number of nitriles is 2. The Morgan fingerprint density at radius 1 is 0.654 bits per heavy atom. The van der Waals surface area contributed by atoms with Gasteiger partial charge in [-0.05, 0) is 55.4 Å². The van der Waals surface area contributed by atoms with Crippen LogP contribution in [0.5, 0.6) is 0 Å². The third kappa shape index (κ3) is 10.1. The molecule has 0 spiro atoms. The van der Waals surface area contributed by atoms with E-state index in [2.05, 4.69) is 20.5 Å². The zero-order valence-corrected chi connectivity index (χ0v) is 16.7. The van der Waals surface area contributed by atoms with E-state index in [0.29, 0.717) is 0 Å². The first-order chi connectivity index (χ1) is 11.4. The molecule has 0 radical (unpaired) electrons. The van der Waals surface area contributed by atoms with Gasteiger partial charge in [0.15, 0.2) is 22.2 Å². The number of azo groups is 2. The molecule has 0 saturated carbocycles. The molecule has 2 amide bonds. The van der Waals surface area contributed by atoms with Crippen LogP contribution in [-0.4, -0.2) is 34.0 Å². The van der Waals surface area contributed by atoms with Crippen molar-refractivity contribution >= 4 is 11.8 Å². The largest absolute Gasteiger partial charge is 0.368 e. The van der Waals surface area contributed by atoms with E-state index >= 15 is 0 Å². The average Bonchev–Trinajstić information content (AvgIpc) is 2.52. The monoisotopic (exact) mass is 364 g/mol. The highest BCUT2D eigenvalue weighted by Gasteiger charge is 2.29. The van der Waals surface area contributed by atoms with Crippen molar-refractivity contribution < 1.29 is 9.59 Å². The van der Waals surface area contributed by atoms with Crippen LogP contribution in [0.1, 0.15) is 55.4 Å². The maximum absolute atomic E-state index is 10.9. The summed E-state index contributed by atoms with van der Waals surface area (Å²) in [5, 5.41) is 32.1. The lowest BCUT2D eigenvalue weighted by molar-refractivity contribution is -0.124. The van der Waals surface area contributed by atoms with Crippen molar-refractivity contribution in [1.29, 1.82) is 10.5 Å². The molecule has 0 bridgehead atoms. The Labute approximate surface area is 154 Å². The quantitative estimate of drug-likeness (QED) is 0.683. The number of carbonyl (C=O) groups excluding carboxylic acids is 2. The van der Waals surface area contributed by atoms with Gasteiger partial charge in [-0.3, -0.25) is 9.59 Å². The van der Waals surface area contributed by atoms with Crippen molar-refractivity contribution in [2.45, 2.75) is 77.5 Å². The number of primary amides is 2. The SMILES string of the molecule is CC(C)(C#N)N=NC(C)(C)C#N.CC(C)(N=NC(C)(C)C(N)=O)C(N)=O. The third-order valence-corrected chi connectivity index (χ3v) is 2.85. The second-order valence-corrected chi connectivity index (χ2v) is 7.59. The van der Waals surface area contributed by atoms with E-state index in [1.165, 1.54) is 27.7 Å². The van der Waals surface area contributed by atoms with E-state index in [1.54, 1.807) is 27.7 Å². The molecule has 0 aliphatic carbocycles. The molecule has 0 unspecified atom stereocenters. The zero-order valence-electron chi connectivity index (χ0n) is 16.7. The first-order valence-electron chi connectivity index (χ1n) is 7.73. The lowest BCUT2D eigenvalue weighted by Gasteiger charge is -2.17. The third-order valence-electron chi connectivity index (χ3n) is 2.85. The molecule has 10 heteroatoms. The number of nitrogens with two attached hydrogens (primary N) is 2. The van der Waals surface area contributed by atoms with Crippen LogP contribution in [-0.2, 0) is 9.59 Å². The molecule has 144 valence electrons. The fourth-order valence-electron chi connectivity index (χ4n) is 0.643. The minimum Gasteiger partial charge on any atom is -0.368 e. The second kappa shape index (κ2) is 8.99. The van der Waals surface area contributed by atoms with Gasteiger partial charge in [0.2, 0.25) is 11.8 Å². The zero-order chi connectivity index (χ0) is 21.4. The van der Waals surface area contributed by atoms with Crippen molar-refractivity contribution in [1.82, 2.24) is 0 Å². The minimum atomic E-state index is -1.12. The van der Waals surface area contributed by atoms with E-state index < -0.39 is 34.0 Å². The van der Waals surface area contributed by atoms with Crippen LogP contribution in [0.2, 0.25) is 0 Å². The molecule has 0 rings (SSSR count). The molecule has 4 N–H and O–H groups in total. The van der Waals surface area contributed by atoms with Crippen LogP contribution in [0.15, 0.2) is 20.5 Å². The van der Waals surface area contributed by atoms with Gasteiger partial charge in [0.05, 0.1) is 12.1 Å². The Bertz CT molecular complexity index is 605. The van der Waals surface area contributed by atoms with Crippen LogP contribution >= 0.6 is 0 Å². The predicted octanol–water partition coefficient (Wildman–Crippen LogP) is 2.01. The minimum absolute atomic E-state index is 0.610. The molecule has 10 nitrogen and oxygen atoms in total. The molecule has 0 aliphatic rings. The van der Waals surface area contributed by atoms with Gasteiger partial charge < -0.3 is 11.5 Å². The summed E-state index contributed by atoms with van der Waals surface area (Å²) in [6.07, 6.45) is 0. The molecule has 0 aromatic rings. The smallest absolute Gasteiger partial charge is 0.246 e. The predicted molar refractivity (Wildman–Crippen MR) is 95.6 cm³/mol. The summed E-state index contributed by atoms with van der Waals surface area (Å²) >= 11 is 0. The number of carbonyl (C=O) groups is 2. The summed E-state index contributed by atoms with van der Waals surface area (Å²) in [5.41, 5.74) is 6.22. The second-order valence-electron chi connectivity index (χ2n) is 7.59. The van der Waals surface area contributed by atoms with Crippen LogP contribution < -0.4 is 11.5 Å². The fourth-order valence-corrected chi connectivity index (χ4v) is 0.643. The molecular weight excluding hydrogens is 336 g/mol. The summed E-state index contributed by atoms with van der Waals surface area (Å²) in [7, 11) is 0. The average molecular weight is 364 g/mol. The van der Waals surface area contributed by atoms with Crippen LogP contribution in [0, 0.1) is 22.7 Å². The van der Waals surface area contributed by atoms with Crippen LogP contribution in [0.3, 0.4) is 0 Å². The van der Waals surface area contributed by atoms with E-state index in [0.717, 1.165) is 0 Å². The molecule has 0 heterocycles. The molecular formula is C16H28N8O2. The van der Waals surface area contributed by atoms with E-state index in [9.17, 15) is 9.59 Å². The lowest BCUT2D eigenvalue weighted by Crippen LogP contribution is -2.39. The summed E-state index contributed by atoms with van der Waals surface area (Å²) in [6, 6.07) is 3.94. The standard InChI is InChI=1S/C8H16N4O2.C8H12N4/c1-7(2,5(9)13)11-12-8(3,4)6(10)14;1-7(2,5-9)11-12-8(3,4)6-10/h1-4H3,(H2,9,13)(H2,10,14);1-4H3. The highest BCUT2D eigenvalue weighted by molar-refractivity contribution is 5.84. The Hall–Kier alpha value is -2.88. The Balaban J connectivity index is 0. The molecule has 0 aromatic heterocycles. The number of hydrogen-bond acceptors (Lipinski definition) is 8. The number of hydrogen-bond donors (Lipinski definition) is 2. The topological polar surface area (TPSA) is 183 Å². The lowest BCUT2D eigenvalue weighted by atomic mass is 10.1. The Kier molecular flexibility index (Phi) is 8.77. The summed E-state index contributed by atoms with van der Waals surface area (Å²) < 4.78 is 0. The van der Waals surface area contributed by atoms with Crippen LogP contribution in [0.4, 0.5) is 0 Å². The summed E-state index contributed by atoms with van der Waals surface area (Å²) in [4.78, 5) is 21.7. The van der Waals surface area contributed by atoms with Gasteiger partial charge in [0.25, 0.3) is 0 Å². The highest BCUT2D eigenvalue weighted by atomic mass is 16.2. The maximum Gasteiger partial charge on any atom is 0.246 e. The van der Waals surface area contributed by atoms with Crippen molar-refractivity contribution in [3.8, 4) is 12.1 Å². The number of nitrogens with zero attached hydrogens (tertiary/aromatic N) is 6. The van der Waals surface area contributed by atoms with Gasteiger partial charge >= 0.3 is 0 Å². The van der Waals surface area contributed by atoms with Gasteiger partial charge in [-0.15, -0.1) is 0 Å². The highest BCUT2D eigenvalue weighted by Crippen LogP contribution is 2.15. The molecule has 26 heavy (non-hydrogen) atoms. The Morgan fingerprint density at radius 2 is 0.885 bits per heavy atom. The number of amides is 2. The molecule has 0 saturated heterocycles. The van der Waals surface area contributed by atoms with E-state index in [1.807, 2.05) is 12.1 Å². The summed E-state index contributed by atoms with van der Waals surface area (Å²) in [5.74, 6) is -1.22. The first-order valence-corrected chi connectivity index (χ1v) is 7.73. The van der Waals surface area contributed by atoms with Gasteiger partial charge in [-0.25, -0.2) is 0 Å². The molecule has 0 fully saturated rings. The maximum atomic E-state index is 10.9. The van der Waals surface area contributed by atoms with Crippen LogP contribution in [0.25, 0.3) is 0 Å². The fraction of sp³-hybridized carbons (Fsp3) is 0.750. The summed E-state index contributed by atoms with van der Waals surface area (Å²) in [6.45, 7) is 12.6. The van der Waals surface area contributed by atoms with Crippen molar-refractivity contribution in [2.75, 3.05) is 0 Å². The molecule has 0 aromatic carbocycles. The molecule has 0 aliphatic heterocycles. The number of rotatable bonds is 6. The van der Waals surface area contributed by atoms with E-state index in [4.69, 9.17) is 22.0 Å². The van der Waals surface area contributed by atoms with Gasteiger partial charge in [-0.2, -0.15) is 31.0 Å². The Morgan fingerprint density at radius 3 is 1.04 bits per heavy atom. The van der Waals surface area contributed by atoms with Gasteiger partial charge in [0.1, 0.15) is 0 Å². The molecule has 0 atom stereocenters. The van der Waals surface area contributed by atoms with Crippen molar-refractivity contribution in [3.05, 3.63) is 0 Å². The van der Waals surface area contributed by atoms with Crippen molar-refractivity contribution in [3.63, 3.8) is 0 Å².